The molecule has 4 rings (SSSR count). The molecule has 0 aliphatic carbocycles. The molecular formula is C25H25N2O5P. The minimum Gasteiger partial charge on any atom is -0.460 e. The zero-order valence-electron chi connectivity index (χ0n) is 17.9. The van der Waals surface area contributed by atoms with Crippen LogP contribution in [-0.2, 0) is 38.3 Å². The number of carbonyl (C=O) groups excluding carboxylic acids is 1. The quantitative estimate of drug-likeness (QED) is 0.281. The molecule has 1 unspecified atom stereocenters. The van der Waals surface area contributed by atoms with Crippen molar-refractivity contribution in [3.05, 3.63) is 108 Å². The fraction of sp³-hybridized carbons (Fsp3) is 0.160. The van der Waals surface area contributed by atoms with Crippen molar-refractivity contribution < 1.29 is 23.5 Å². The maximum Gasteiger partial charge on any atom is 0.437 e. The van der Waals surface area contributed by atoms with Gasteiger partial charge in [0, 0.05) is 18.0 Å². The van der Waals surface area contributed by atoms with Crippen LogP contribution in [0.25, 0.3) is 10.9 Å². The van der Waals surface area contributed by atoms with Gasteiger partial charge in [-0.25, -0.2) is 4.57 Å². The van der Waals surface area contributed by atoms with Crippen LogP contribution in [0.1, 0.15) is 16.7 Å². The number of carbonyl (C=O) groups is 1. The number of aromatic nitrogens is 1. The fourth-order valence-corrected chi connectivity index (χ4v) is 4.73. The highest BCUT2D eigenvalue weighted by molar-refractivity contribution is 7.51. The van der Waals surface area contributed by atoms with Crippen molar-refractivity contribution in [1.82, 2.24) is 4.34 Å². The second kappa shape index (κ2) is 10.1. The predicted molar refractivity (Wildman–Crippen MR) is 126 cm³/mol. The van der Waals surface area contributed by atoms with E-state index < -0.39 is 19.8 Å². The van der Waals surface area contributed by atoms with E-state index in [1.165, 1.54) is 10.5 Å². The minimum atomic E-state index is -4.20. The number of ether oxygens (including phenoxy) is 1. The highest BCUT2D eigenvalue weighted by atomic mass is 31.2. The van der Waals surface area contributed by atoms with Crippen LogP contribution in [0.3, 0.4) is 0 Å². The van der Waals surface area contributed by atoms with E-state index in [0.29, 0.717) is 11.1 Å². The summed E-state index contributed by atoms with van der Waals surface area (Å²) in [6.45, 7) is 0.121. The van der Waals surface area contributed by atoms with Crippen molar-refractivity contribution in [2.45, 2.75) is 25.7 Å². The van der Waals surface area contributed by atoms with Gasteiger partial charge in [-0.15, -0.1) is 0 Å². The third-order valence-electron chi connectivity index (χ3n) is 5.26. The Morgan fingerprint density at radius 2 is 1.48 bits per heavy atom. The second-order valence-electron chi connectivity index (χ2n) is 7.67. The summed E-state index contributed by atoms with van der Waals surface area (Å²) in [6, 6.07) is 24.7. The monoisotopic (exact) mass is 464 g/mol. The highest BCUT2D eigenvalue weighted by Crippen LogP contribution is 2.48. The number of nitrogens with two attached hydrogens (primary N) is 1. The molecule has 33 heavy (non-hydrogen) atoms. The lowest BCUT2D eigenvalue weighted by Crippen LogP contribution is -2.34. The van der Waals surface area contributed by atoms with Gasteiger partial charge in [0.25, 0.3) is 0 Å². The number of esters is 1. The zero-order valence-corrected chi connectivity index (χ0v) is 18.8. The first-order valence-corrected chi connectivity index (χ1v) is 12.0. The topological polar surface area (TPSA) is 104 Å². The molecule has 0 bridgehead atoms. The molecule has 4 aromatic rings. The summed E-state index contributed by atoms with van der Waals surface area (Å²) < 4.78 is 25.0. The van der Waals surface area contributed by atoms with E-state index in [-0.39, 0.29) is 19.6 Å². The van der Waals surface area contributed by atoms with Crippen molar-refractivity contribution in [2.24, 2.45) is 5.73 Å². The molecule has 8 heteroatoms. The van der Waals surface area contributed by atoms with Crippen LogP contribution < -0.4 is 5.73 Å². The van der Waals surface area contributed by atoms with E-state index in [1.54, 1.807) is 12.1 Å². The van der Waals surface area contributed by atoms with E-state index in [4.69, 9.17) is 15.0 Å². The zero-order chi connectivity index (χ0) is 23.3. The van der Waals surface area contributed by atoms with Crippen molar-refractivity contribution in [1.29, 1.82) is 0 Å². The van der Waals surface area contributed by atoms with Gasteiger partial charge in [0.15, 0.2) is 0 Å². The Labute approximate surface area is 192 Å². The molecule has 0 amide bonds. The summed E-state index contributed by atoms with van der Waals surface area (Å²) in [5.41, 5.74) is 8.95. The SMILES string of the molecule is N[C@@H](Cc1cn(P(=O)(O)OCc2ccccc2)c2ccccc12)C(=O)OCc1ccccc1. The predicted octanol–water partition coefficient (Wildman–Crippen LogP) is 4.42. The molecule has 2 atom stereocenters. The lowest BCUT2D eigenvalue weighted by molar-refractivity contribution is -0.146. The Morgan fingerprint density at radius 3 is 2.15 bits per heavy atom. The van der Waals surface area contributed by atoms with Crippen LogP contribution >= 0.6 is 7.75 Å². The Kier molecular flexibility index (Phi) is 7.06. The van der Waals surface area contributed by atoms with E-state index in [0.717, 1.165) is 16.5 Å². The molecule has 0 fully saturated rings. The van der Waals surface area contributed by atoms with Crippen molar-refractivity contribution in [3.8, 4) is 0 Å². The molecule has 3 N–H and O–H groups in total. The van der Waals surface area contributed by atoms with Gasteiger partial charge in [-0.3, -0.25) is 13.7 Å². The van der Waals surface area contributed by atoms with Gasteiger partial charge >= 0.3 is 13.7 Å². The van der Waals surface area contributed by atoms with Gasteiger partial charge < -0.3 is 15.4 Å². The summed E-state index contributed by atoms with van der Waals surface area (Å²) in [4.78, 5) is 23.1. The highest BCUT2D eigenvalue weighted by Gasteiger charge is 2.27. The molecule has 0 aliphatic heterocycles. The van der Waals surface area contributed by atoms with Crippen molar-refractivity contribution in [3.63, 3.8) is 0 Å². The third kappa shape index (κ3) is 5.59. The number of hydrogen-bond acceptors (Lipinski definition) is 5. The smallest absolute Gasteiger partial charge is 0.437 e. The molecule has 0 aliphatic rings. The fourth-order valence-electron chi connectivity index (χ4n) is 3.55. The summed E-state index contributed by atoms with van der Waals surface area (Å²) in [5, 5.41) is 0.724. The first-order chi connectivity index (χ1) is 15.9. The number of fused-ring (bicyclic) bond motifs is 1. The lowest BCUT2D eigenvalue weighted by Gasteiger charge is -2.14. The first-order valence-electron chi connectivity index (χ1n) is 10.5. The van der Waals surface area contributed by atoms with E-state index in [1.807, 2.05) is 72.8 Å². The van der Waals surface area contributed by atoms with Crippen LogP contribution in [0.2, 0.25) is 0 Å². The molecule has 0 saturated heterocycles. The van der Waals surface area contributed by atoms with Crippen LogP contribution in [-0.4, -0.2) is 21.2 Å². The molecule has 1 heterocycles. The molecular weight excluding hydrogens is 439 g/mol. The summed E-state index contributed by atoms with van der Waals surface area (Å²) in [6.07, 6.45) is 1.68. The van der Waals surface area contributed by atoms with Gasteiger partial charge in [-0.1, -0.05) is 78.9 Å². The van der Waals surface area contributed by atoms with E-state index in [2.05, 4.69) is 0 Å². The maximum absolute atomic E-state index is 13.1. The maximum atomic E-state index is 13.1. The molecule has 0 saturated carbocycles. The van der Waals surface area contributed by atoms with Crippen LogP contribution in [0, 0.1) is 0 Å². The summed E-state index contributed by atoms with van der Waals surface area (Å²) in [5.74, 6) is -0.539. The van der Waals surface area contributed by atoms with E-state index in [9.17, 15) is 14.3 Å². The van der Waals surface area contributed by atoms with Gasteiger partial charge in [0.05, 0.1) is 12.1 Å². The number of nitrogens with zero attached hydrogens (tertiary/aromatic N) is 1. The lowest BCUT2D eigenvalue weighted by atomic mass is 10.1. The third-order valence-corrected chi connectivity index (χ3v) is 6.60. The number of hydrogen-bond donors (Lipinski definition) is 2. The second-order valence-corrected chi connectivity index (χ2v) is 9.34. The number of benzene rings is 3. The molecule has 0 radical (unpaired) electrons. The van der Waals surface area contributed by atoms with Gasteiger partial charge in [-0.2, -0.15) is 0 Å². The molecule has 170 valence electrons. The normalized spacial score (nSPS) is 14.0. The Bertz CT molecular complexity index is 1270. The molecule has 7 nitrogen and oxygen atoms in total. The minimum absolute atomic E-state index is 0.0121. The number of rotatable bonds is 9. The average Bonchev–Trinajstić information content (AvgIpc) is 3.22. The van der Waals surface area contributed by atoms with Crippen LogP contribution in [0.4, 0.5) is 0 Å². The Morgan fingerprint density at radius 1 is 0.909 bits per heavy atom. The van der Waals surface area contributed by atoms with Gasteiger partial charge in [0.2, 0.25) is 0 Å². The molecule has 1 aromatic heterocycles. The Hall–Kier alpha value is -3.22. The van der Waals surface area contributed by atoms with Gasteiger partial charge in [0.1, 0.15) is 12.6 Å². The standard InChI is InChI=1S/C25H25N2O5P/c26-23(25(28)31-17-19-9-3-1-4-10-19)15-21-16-27(24-14-8-7-13-22(21)24)33(29,30)32-18-20-11-5-2-6-12-20/h1-14,16,23H,15,17-18,26H2,(H,29,30)/t23-/m0/s1. The molecule has 0 spiro atoms. The van der Waals surface area contributed by atoms with Crippen LogP contribution in [0.5, 0.6) is 0 Å². The average molecular weight is 464 g/mol. The molecule has 3 aromatic carbocycles. The number of para-hydroxylation sites is 1. The van der Waals surface area contributed by atoms with Crippen molar-refractivity contribution in [2.75, 3.05) is 0 Å². The summed E-state index contributed by atoms with van der Waals surface area (Å²) in [7, 11) is -4.20. The van der Waals surface area contributed by atoms with E-state index >= 15 is 0 Å². The Balaban J connectivity index is 1.50. The van der Waals surface area contributed by atoms with Gasteiger partial charge in [-0.05, 0) is 22.8 Å². The first kappa shape index (κ1) is 23.0. The van der Waals surface area contributed by atoms with Crippen LogP contribution in [0.15, 0.2) is 91.1 Å². The van der Waals surface area contributed by atoms with Crippen molar-refractivity contribution >= 4 is 24.6 Å². The summed E-state index contributed by atoms with van der Waals surface area (Å²) >= 11 is 0. The largest absolute Gasteiger partial charge is 0.460 e.